The predicted octanol–water partition coefficient (Wildman–Crippen LogP) is 2.34. The molecule has 0 amide bonds. The molecule has 2 heterocycles. The van der Waals surface area contributed by atoms with Crippen LogP contribution in [0.3, 0.4) is 0 Å². The first-order valence-electron chi connectivity index (χ1n) is 4.61. The molecule has 0 saturated carbocycles. The molecule has 3 aromatic rings. The third kappa shape index (κ3) is 1.40. The van der Waals surface area contributed by atoms with E-state index in [0.717, 1.165) is 11.0 Å². The van der Waals surface area contributed by atoms with Gasteiger partial charge in [0, 0.05) is 11.5 Å². The van der Waals surface area contributed by atoms with Crippen molar-refractivity contribution in [3.63, 3.8) is 0 Å². The number of tetrazole rings is 1. The van der Waals surface area contributed by atoms with Gasteiger partial charge in [0.05, 0.1) is 4.51 Å². The number of H-pyrrole nitrogens is 1. The summed E-state index contributed by atoms with van der Waals surface area (Å²) in [5.41, 5.74) is 0.717. The molecule has 2 aromatic heterocycles. The second kappa shape index (κ2) is 3.49. The molecular formula is C10H6N4OS. The standard InChI is InChI=1S/C10H6N4OS/c16-9-5-8(10-11-13-14-12-10)15-7-4-2-1-3-6(7)9/h1-5H,(H,11,12,13,14). The van der Waals surface area contributed by atoms with E-state index in [9.17, 15) is 0 Å². The minimum absolute atomic E-state index is 0.400. The number of aromatic nitrogens is 4. The van der Waals surface area contributed by atoms with Crippen molar-refractivity contribution in [3.05, 3.63) is 34.8 Å². The fraction of sp³-hybridized carbons (Fsp3) is 0. The third-order valence-corrected chi connectivity index (χ3v) is 2.54. The van der Waals surface area contributed by atoms with Crippen molar-refractivity contribution in [3.8, 4) is 11.6 Å². The van der Waals surface area contributed by atoms with Crippen LogP contribution in [0.2, 0.25) is 0 Å². The Hall–Kier alpha value is -2.08. The number of fused-ring (bicyclic) bond motifs is 1. The largest absolute Gasteiger partial charge is 0.453 e. The van der Waals surface area contributed by atoms with Crippen LogP contribution in [-0.4, -0.2) is 20.6 Å². The lowest BCUT2D eigenvalue weighted by Crippen LogP contribution is -1.82. The van der Waals surface area contributed by atoms with Crippen LogP contribution in [0.1, 0.15) is 0 Å². The lowest BCUT2D eigenvalue weighted by atomic mass is 10.2. The van der Waals surface area contributed by atoms with Crippen molar-refractivity contribution in [2.24, 2.45) is 0 Å². The fourth-order valence-corrected chi connectivity index (χ4v) is 1.76. The van der Waals surface area contributed by atoms with Gasteiger partial charge in [-0.15, -0.1) is 10.2 Å². The minimum Gasteiger partial charge on any atom is -0.453 e. The van der Waals surface area contributed by atoms with Gasteiger partial charge in [-0.25, -0.2) is 0 Å². The number of nitrogens with one attached hydrogen (secondary N) is 1. The quantitative estimate of drug-likeness (QED) is 0.650. The van der Waals surface area contributed by atoms with E-state index >= 15 is 0 Å². The molecule has 0 aliphatic carbocycles. The molecule has 0 radical (unpaired) electrons. The Kier molecular flexibility index (Phi) is 2.00. The van der Waals surface area contributed by atoms with Gasteiger partial charge < -0.3 is 4.42 Å². The van der Waals surface area contributed by atoms with Gasteiger partial charge in [0.25, 0.3) is 0 Å². The van der Waals surface area contributed by atoms with E-state index in [1.165, 1.54) is 0 Å². The molecule has 0 atom stereocenters. The molecule has 0 aliphatic heterocycles. The van der Waals surface area contributed by atoms with E-state index < -0.39 is 0 Å². The Morgan fingerprint density at radius 2 is 2.12 bits per heavy atom. The number of hydrogen-bond donors (Lipinski definition) is 1. The molecule has 0 unspecified atom stereocenters. The number of benzene rings is 1. The maximum Gasteiger partial charge on any atom is 0.239 e. The minimum atomic E-state index is 0.400. The molecule has 6 heteroatoms. The van der Waals surface area contributed by atoms with Crippen LogP contribution < -0.4 is 0 Å². The highest BCUT2D eigenvalue weighted by atomic mass is 32.1. The monoisotopic (exact) mass is 230 g/mol. The van der Waals surface area contributed by atoms with E-state index in [2.05, 4.69) is 20.6 Å². The van der Waals surface area contributed by atoms with Crippen molar-refractivity contribution < 1.29 is 4.42 Å². The van der Waals surface area contributed by atoms with Crippen molar-refractivity contribution >= 4 is 23.2 Å². The Morgan fingerprint density at radius 1 is 1.25 bits per heavy atom. The second-order valence-electron chi connectivity index (χ2n) is 3.21. The van der Waals surface area contributed by atoms with Crippen LogP contribution >= 0.6 is 12.2 Å². The normalized spacial score (nSPS) is 10.8. The molecule has 0 aliphatic rings. The molecule has 5 nitrogen and oxygen atoms in total. The van der Waals surface area contributed by atoms with Gasteiger partial charge in [0.15, 0.2) is 5.76 Å². The molecule has 3 rings (SSSR count). The lowest BCUT2D eigenvalue weighted by Gasteiger charge is -1.99. The third-order valence-electron chi connectivity index (χ3n) is 2.20. The van der Waals surface area contributed by atoms with E-state index in [0.29, 0.717) is 16.1 Å². The SMILES string of the molecule is S=c1cc(-c2nn[nH]n2)oc2ccccc12. The molecule has 78 valence electrons. The first-order valence-corrected chi connectivity index (χ1v) is 5.02. The Morgan fingerprint density at radius 3 is 2.94 bits per heavy atom. The van der Waals surface area contributed by atoms with Crippen LogP contribution in [0, 0.1) is 4.51 Å². The highest BCUT2D eigenvalue weighted by molar-refractivity contribution is 7.71. The summed E-state index contributed by atoms with van der Waals surface area (Å²) in [5, 5.41) is 14.5. The zero-order valence-corrected chi connectivity index (χ0v) is 8.86. The summed E-state index contributed by atoms with van der Waals surface area (Å²) in [6.07, 6.45) is 0. The van der Waals surface area contributed by atoms with Gasteiger partial charge in [-0.3, -0.25) is 0 Å². The van der Waals surface area contributed by atoms with E-state index in [1.54, 1.807) is 6.07 Å². The van der Waals surface area contributed by atoms with Crippen LogP contribution in [0.5, 0.6) is 0 Å². The molecule has 0 saturated heterocycles. The van der Waals surface area contributed by atoms with Crippen molar-refractivity contribution in [1.82, 2.24) is 20.6 Å². The smallest absolute Gasteiger partial charge is 0.239 e. The summed E-state index contributed by atoms with van der Waals surface area (Å²) in [4.78, 5) is 0. The van der Waals surface area contributed by atoms with Crippen molar-refractivity contribution in [2.45, 2.75) is 0 Å². The first-order chi connectivity index (χ1) is 7.84. The van der Waals surface area contributed by atoms with Gasteiger partial charge in [-0.05, 0) is 17.3 Å². The van der Waals surface area contributed by atoms with Crippen molar-refractivity contribution in [2.75, 3.05) is 0 Å². The zero-order chi connectivity index (χ0) is 11.0. The van der Waals surface area contributed by atoms with Gasteiger partial charge in [0.1, 0.15) is 5.58 Å². The van der Waals surface area contributed by atoms with Gasteiger partial charge >= 0.3 is 0 Å². The maximum atomic E-state index is 5.64. The summed E-state index contributed by atoms with van der Waals surface area (Å²) >= 11 is 5.27. The van der Waals surface area contributed by atoms with E-state index in [4.69, 9.17) is 16.6 Å². The summed E-state index contributed by atoms with van der Waals surface area (Å²) in [5.74, 6) is 0.911. The zero-order valence-electron chi connectivity index (χ0n) is 8.04. The number of aromatic amines is 1. The molecule has 0 fully saturated rings. The molecular weight excluding hydrogens is 224 g/mol. The Bertz CT molecular complexity index is 689. The Labute approximate surface area is 95.1 Å². The number of rotatable bonds is 1. The molecule has 0 spiro atoms. The van der Waals surface area contributed by atoms with Gasteiger partial charge in [-0.1, -0.05) is 24.4 Å². The van der Waals surface area contributed by atoms with Crippen LogP contribution in [0.25, 0.3) is 22.6 Å². The summed E-state index contributed by atoms with van der Waals surface area (Å²) < 4.78 is 6.35. The van der Waals surface area contributed by atoms with E-state index in [1.807, 2.05) is 24.3 Å². The second-order valence-corrected chi connectivity index (χ2v) is 3.65. The van der Waals surface area contributed by atoms with E-state index in [-0.39, 0.29) is 0 Å². The van der Waals surface area contributed by atoms with Crippen LogP contribution in [0.4, 0.5) is 0 Å². The van der Waals surface area contributed by atoms with Gasteiger partial charge in [-0.2, -0.15) is 5.21 Å². The number of nitrogens with zero attached hydrogens (tertiary/aromatic N) is 3. The first kappa shape index (κ1) is 9.17. The summed E-state index contributed by atoms with van der Waals surface area (Å²) in [7, 11) is 0. The summed E-state index contributed by atoms with van der Waals surface area (Å²) in [6, 6.07) is 9.31. The summed E-state index contributed by atoms with van der Waals surface area (Å²) in [6.45, 7) is 0. The highest BCUT2D eigenvalue weighted by Crippen LogP contribution is 2.22. The predicted molar refractivity (Wildman–Crippen MR) is 60.2 cm³/mol. The Balaban J connectivity index is 2.34. The van der Waals surface area contributed by atoms with Gasteiger partial charge in [0.2, 0.25) is 5.82 Å². The molecule has 16 heavy (non-hydrogen) atoms. The topological polar surface area (TPSA) is 67.6 Å². The number of para-hydroxylation sites is 1. The van der Waals surface area contributed by atoms with Crippen LogP contribution in [0.15, 0.2) is 34.7 Å². The number of hydrogen-bond acceptors (Lipinski definition) is 5. The average molecular weight is 230 g/mol. The molecule has 0 bridgehead atoms. The molecule has 1 N–H and O–H groups in total. The molecule has 1 aromatic carbocycles. The van der Waals surface area contributed by atoms with Crippen LogP contribution in [-0.2, 0) is 0 Å². The van der Waals surface area contributed by atoms with Crippen molar-refractivity contribution in [1.29, 1.82) is 0 Å². The highest BCUT2D eigenvalue weighted by Gasteiger charge is 2.07. The fourth-order valence-electron chi connectivity index (χ4n) is 1.48. The average Bonchev–Trinajstić information content (AvgIpc) is 2.82. The maximum absolute atomic E-state index is 5.64. The lowest BCUT2D eigenvalue weighted by molar-refractivity contribution is 0.613.